The number of nitrogens with one attached hydrogen (secondary N) is 1. The smallest absolute Gasteiger partial charge is 0.416 e. The molecule has 0 saturated heterocycles. The van der Waals surface area contributed by atoms with Gasteiger partial charge in [-0.2, -0.15) is 13.2 Å². The minimum atomic E-state index is -4.42. The van der Waals surface area contributed by atoms with Gasteiger partial charge in [-0.3, -0.25) is 4.79 Å². The fourth-order valence-corrected chi connectivity index (χ4v) is 4.53. The minimum absolute atomic E-state index is 0.00312. The van der Waals surface area contributed by atoms with Gasteiger partial charge >= 0.3 is 12.1 Å². The summed E-state index contributed by atoms with van der Waals surface area (Å²) in [6, 6.07) is 14.7. The molecule has 184 valence electrons. The first kappa shape index (κ1) is 24.6. The number of methoxy groups -OCH3 is 1. The Morgan fingerprint density at radius 1 is 1.00 bits per heavy atom. The molecule has 0 unspecified atom stereocenters. The zero-order chi connectivity index (χ0) is 25.0. The Morgan fingerprint density at radius 2 is 1.69 bits per heavy atom. The summed E-state index contributed by atoms with van der Waals surface area (Å²) in [6.45, 7) is -0.0323. The molecule has 1 aliphatic carbocycles. The summed E-state index contributed by atoms with van der Waals surface area (Å²) in [5, 5.41) is 4.36. The quantitative estimate of drug-likeness (QED) is 0.423. The van der Waals surface area contributed by atoms with Gasteiger partial charge in [0.2, 0.25) is 0 Å². The number of esters is 1. The van der Waals surface area contributed by atoms with E-state index in [1.165, 1.54) is 19.2 Å². The predicted octanol–water partition coefficient (Wildman–Crippen LogP) is 5.90. The number of amides is 1. The highest BCUT2D eigenvalue weighted by Gasteiger charge is 2.34. The van der Waals surface area contributed by atoms with Crippen molar-refractivity contribution in [2.24, 2.45) is 5.92 Å². The van der Waals surface area contributed by atoms with Crippen molar-refractivity contribution in [3.05, 3.63) is 77.4 Å². The monoisotopic (exact) mass is 485 g/mol. The van der Waals surface area contributed by atoms with Crippen molar-refractivity contribution in [3.63, 3.8) is 0 Å². The van der Waals surface area contributed by atoms with Gasteiger partial charge < -0.3 is 14.8 Å². The highest BCUT2D eigenvalue weighted by molar-refractivity contribution is 6.05. The number of ether oxygens (including phenoxy) is 2. The summed E-state index contributed by atoms with van der Waals surface area (Å²) in [5.74, 6) is -0.655. The molecule has 1 atom stereocenters. The van der Waals surface area contributed by atoms with Crippen molar-refractivity contribution < 1.29 is 32.2 Å². The van der Waals surface area contributed by atoms with Crippen molar-refractivity contribution in [2.75, 3.05) is 7.11 Å². The number of hydrogen-bond acceptors (Lipinski definition) is 4. The van der Waals surface area contributed by atoms with E-state index < -0.39 is 29.7 Å². The second kappa shape index (κ2) is 10.4. The maximum absolute atomic E-state index is 13.3. The van der Waals surface area contributed by atoms with Crippen LogP contribution in [0.3, 0.4) is 0 Å². The third-order valence-corrected chi connectivity index (χ3v) is 6.40. The second-order valence-corrected chi connectivity index (χ2v) is 8.67. The molecule has 3 aromatic carbocycles. The van der Waals surface area contributed by atoms with Crippen LogP contribution in [0, 0.1) is 5.92 Å². The zero-order valence-electron chi connectivity index (χ0n) is 19.2. The molecular formula is C27H26F3NO4. The van der Waals surface area contributed by atoms with Crippen LogP contribution in [0.1, 0.15) is 47.2 Å². The van der Waals surface area contributed by atoms with E-state index in [1.807, 2.05) is 24.3 Å². The third kappa shape index (κ3) is 5.58. The molecular weight excluding hydrogens is 459 g/mol. The first-order valence-electron chi connectivity index (χ1n) is 11.5. The molecule has 0 radical (unpaired) electrons. The lowest BCUT2D eigenvalue weighted by Gasteiger charge is -2.23. The number of halogens is 3. The van der Waals surface area contributed by atoms with Gasteiger partial charge in [-0.25, -0.2) is 4.79 Å². The van der Waals surface area contributed by atoms with Crippen molar-refractivity contribution in [1.29, 1.82) is 0 Å². The summed E-state index contributed by atoms with van der Waals surface area (Å²) in [5.41, 5.74) is 0.0189. The summed E-state index contributed by atoms with van der Waals surface area (Å²) < 4.78 is 49.6. The first-order chi connectivity index (χ1) is 16.8. The van der Waals surface area contributed by atoms with Crippen LogP contribution in [0.4, 0.5) is 13.2 Å². The molecule has 0 aromatic heterocycles. The van der Waals surface area contributed by atoms with E-state index in [4.69, 9.17) is 9.47 Å². The summed E-state index contributed by atoms with van der Waals surface area (Å²) in [4.78, 5) is 25.8. The van der Waals surface area contributed by atoms with Crippen molar-refractivity contribution in [1.82, 2.24) is 5.32 Å². The maximum Gasteiger partial charge on any atom is 0.416 e. The lowest BCUT2D eigenvalue weighted by Crippen LogP contribution is -2.46. The molecule has 3 aromatic rings. The molecule has 1 aliphatic rings. The Morgan fingerprint density at radius 3 is 2.34 bits per heavy atom. The Bertz CT molecular complexity index is 1200. The molecule has 1 N–H and O–H groups in total. The molecule has 35 heavy (non-hydrogen) atoms. The van der Waals surface area contributed by atoms with E-state index in [0.717, 1.165) is 43.2 Å². The van der Waals surface area contributed by atoms with Gasteiger partial charge in [-0.05, 0) is 47.9 Å². The lowest BCUT2D eigenvalue weighted by molar-refractivity contribution is -0.144. The number of carbonyl (C=O) groups is 2. The summed E-state index contributed by atoms with van der Waals surface area (Å²) in [7, 11) is 1.30. The van der Waals surface area contributed by atoms with Crippen LogP contribution in [0.5, 0.6) is 5.75 Å². The zero-order valence-corrected chi connectivity index (χ0v) is 19.2. The highest BCUT2D eigenvalue weighted by atomic mass is 19.4. The van der Waals surface area contributed by atoms with Crippen molar-refractivity contribution >= 4 is 22.6 Å². The molecule has 0 aliphatic heterocycles. The number of carbonyl (C=O) groups excluding carboxylic acids is 2. The van der Waals surface area contributed by atoms with E-state index in [1.54, 1.807) is 12.1 Å². The van der Waals surface area contributed by atoms with Crippen molar-refractivity contribution in [3.8, 4) is 5.75 Å². The molecule has 0 bridgehead atoms. The number of rotatable bonds is 7. The van der Waals surface area contributed by atoms with E-state index in [-0.39, 0.29) is 18.1 Å². The molecule has 5 nitrogen and oxygen atoms in total. The first-order valence-corrected chi connectivity index (χ1v) is 11.5. The van der Waals surface area contributed by atoms with Gasteiger partial charge in [0.05, 0.1) is 18.2 Å². The number of benzene rings is 3. The lowest BCUT2D eigenvalue weighted by atomic mass is 9.97. The molecule has 1 amide bonds. The van der Waals surface area contributed by atoms with Gasteiger partial charge in [0.15, 0.2) is 0 Å². The topological polar surface area (TPSA) is 64.6 Å². The number of alkyl halides is 3. The van der Waals surface area contributed by atoms with Crippen LogP contribution in [-0.4, -0.2) is 25.0 Å². The van der Waals surface area contributed by atoms with E-state index >= 15 is 0 Å². The average molecular weight is 486 g/mol. The van der Waals surface area contributed by atoms with Crippen molar-refractivity contribution in [2.45, 2.75) is 44.5 Å². The standard InChI is InChI=1S/C27H26F3NO4/c1-34-26(33)23(19-7-2-3-8-19)31-25(32)22-15-12-18-6-4-5-9-21(18)24(22)35-16-17-10-13-20(14-11-17)27(28,29)30/h4-6,9-15,19,23H,2-3,7-8,16H2,1H3,(H,31,32)/t23-/m0/s1. The van der Waals surface area contributed by atoms with Gasteiger partial charge in [-0.1, -0.05) is 55.3 Å². The van der Waals surface area contributed by atoms with Gasteiger partial charge in [0.1, 0.15) is 18.4 Å². The highest BCUT2D eigenvalue weighted by Crippen LogP contribution is 2.33. The van der Waals surface area contributed by atoms with Crippen LogP contribution < -0.4 is 10.1 Å². The third-order valence-electron chi connectivity index (χ3n) is 6.40. The molecule has 4 rings (SSSR count). The maximum atomic E-state index is 13.3. The second-order valence-electron chi connectivity index (χ2n) is 8.67. The minimum Gasteiger partial charge on any atom is -0.487 e. The Hall–Kier alpha value is -3.55. The van der Waals surface area contributed by atoms with E-state index in [9.17, 15) is 22.8 Å². The SMILES string of the molecule is COC(=O)[C@@H](NC(=O)c1ccc2ccccc2c1OCc1ccc(C(F)(F)F)cc1)C1CCCC1. The Labute approximate surface area is 201 Å². The average Bonchev–Trinajstić information content (AvgIpc) is 3.39. The van der Waals surface area contributed by atoms with Crippen LogP contribution in [0.2, 0.25) is 0 Å². The predicted molar refractivity (Wildman–Crippen MR) is 125 cm³/mol. The van der Waals surface area contributed by atoms with Crippen LogP contribution in [0.15, 0.2) is 60.7 Å². The Kier molecular flexibility index (Phi) is 7.28. The molecule has 0 spiro atoms. The van der Waals surface area contributed by atoms with Gasteiger partial charge in [0.25, 0.3) is 5.91 Å². The molecule has 0 heterocycles. The van der Waals surface area contributed by atoms with Crippen LogP contribution >= 0.6 is 0 Å². The normalized spacial score (nSPS) is 15.1. The molecule has 1 saturated carbocycles. The Balaban J connectivity index is 1.61. The molecule has 1 fully saturated rings. The van der Waals surface area contributed by atoms with Crippen LogP contribution in [0.25, 0.3) is 10.8 Å². The largest absolute Gasteiger partial charge is 0.487 e. The van der Waals surface area contributed by atoms with Crippen LogP contribution in [-0.2, 0) is 22.3 Å². The number of fused-ring (bicyclic) bond motifs is 1. The molecule has 8 heteroatoms. The van der Waals surface area contributed by atoms with Gasteiger partial charge in [0, 0.05) is 5.39 Å². The van der Waals surface area contributed by atoms with E-state index in [2.05, 4.69) is 5.32 Å². The fraction of sp³-hybridized carbons (Fsp3) is 0.333. The van der Waals surface area contributed by atoms with E-state index in [0.29, 0.717) is 16.7 Å². The fourth-order valence-electron chi connectivity index (χ4n) is 4.53. The van der Waals surface area contributed by atoms with Gasteiger partial charge in [-0.15, -0.1) is 0 Å². The summed E-state index contributed by atoms with van der Waals surface area (Å²) >= 11 is 0. The summed E-state index contributed by atoms with van der Waals surface area (Å²) in [6.07, 6.45) is -0.781. The number of hydrogen-bond donors (Lipinski definition) is 1.